The molecule has 0 aliphatic rings. The Morgan fingerprint density at radius 1 is 1.40 bits per heavy atom. The van der Waals surface area contributed by atoms with Gasteiger partial charge in [-0.15, -0.1) is 0 Å². The Morgan fingerprint density at radius 3 is 2.33 bits per heavy atom. The second kappa shape index (κ2) is 3.66. The lowest BCUT2D eigenvalue weighted by atomic mass is 10.2. The van der Waals surface area contributed by atoms with Gasteiger partial charge in [-0.1, -0.05) is 0 Å². The van der Waals surface area contributed by atoms with Crippen LogP contribution < -0.4 is 10.9 Å². The second-order valence-electron chi connectivity index (χ2n) is 2.60. The molecule has 0 aliphatic carbocycles. The molecule has 1 aromatic heterocycles. The summed E-state index contributed by atoms with van der Waals surface area (Å²) < 4.78 is 59.1. The molecule has 0 aliphatic heterocycles. The standard InChI is InChI=1S/C6H6F3N3O2S/c7-3-1-2(10)4(5(8)9)6(12-3)15(11,13)14/h1,5H,(H2,10,12)(H2,11,13,14). The molecule has 84 valence electrons. The molecule has 4 N–H and O–H groups in total. The van der Waals surface area contributed by atoms with Gasteiger partial charge in [-0.2, -0.15) is 4.39 Å². The van der Waals surface area contributed by atoms with Crippen LogP contribution in [0.15, 0.2) is 11.1 Å². The SMILES string of the molecule is Nc1cc(F)nc(S(N)(=O)=O)c1C(F)F. The molecule has 0 amide bonds. The molecule has 1 rings (SSSR count). The van der Waals surface area contributed by atoms with E-state index in [1.165, 1.54) is 0 Å². The smallest absolute Gasteiger partial charge is 0.268 e. The van der Waals surface area contributed by atoms with Gasteiger partial charge in [0.15, 0.2) is 5.03 Å². The summed E-state index contributed by atoms with van der Waals surface area (Å²) in [5.41, 5.74) is 3.25. The summed E-state index contributed by atoms with van der Waals surface area (Å²) in [6, 6.07) is 0.496. The third-order valence-electron chi connectivity index (χ3n) is 1.51. The quantitative estimate of drug-likeness (QED) is 0.731. The number of hydrogen-bond donors (Lipinski definition) is 2. The Labute approximate surface area is 83.0 Å². The first-order valence-corrected chi connectivity index (χ1v) is 5.05. The summed E-state index contributed by atoms with van der Waals surface area (Å²) in [6.45, 7) is 0. The number of pyridine rings is 1. The fourth-order valence-corrected chi connectivity index (χ4v) is 1.68. The average molecular weight is 241 g/mol. The molecule has 9 heteroatoms. The molecule has 15 heavy (non-hydrogen) atoms. The van der Waals surface area contributed by atoms with E-state index < -0.39 is 38.7 Å². The fourth-order valence-electron chi connectivity index (χ4n) is 0.955. The van der Waals surface area contributed by atoms with Gasteiger partial charge >= 0.3 is 0 Å². The van der Waals surface area contributed by atoms with Gasteiger partial charge in [-0.3, -0.25) is 0 Å². The summed E-state index contributed by atoms with van der Waals surface area (Å²) in [6.07, 6.45) is -3.20. The van der Waals surface area contributed by atoms with Crippen molar-refractivity contribution < 1.29 is 21.6 Å². The van der Waals surface area contributed by atoms with E-state index in [0.717, 1.165) is 0 Å². The summed E-state index contributed by atoms with van der Waals surface area (Å²) in [5.74, 6) is -1.29. The lowest BCUT2D eigenvalue weighted by molar-refractivity contribution is 0.147. The molecular weight excluding hydrogens is 235 g/mol. The normalized spacial score (nSPS) is 12.1. The molecule has 0 spiro atoms. The Hall–Kier alpha value is -1.35. The largest absolute Gasteiger partial charge is 0.398 e. The Kier molecular flexibility index (Phi) is 2.86. The molecule has 0 fully saturated rings. The van der Waals surface area contributed by atoms with E-state index in [1.807, 2.05) is 0 Å². The van der Waals surface area contributed by atoms with Crippen LogP contribution >= 0.6 is 0 Å². The first kappa shape index (κ1) is 11.7. The average Bonchev–Trinajstić information content (AvgIpc) is 1.99. The van der Waals surface area contributed by atoms with Crippen LogP contribution in [0.4, 0.5) is 18.9 Å². The third kappa shape index (κ3) is 2.36. The molecule has 0 unspecified atom stereocenters. The third-order valence-corrected chi connectivity index (χ3v) is 2.36. The molecule has 0 saturated heterocycles. The van der Waals surface area contributed by atoms with Crippen LogP contribution in [0.2, 0.25) is 0 Å². The van der Waals surface area contributed by atoms with E-state index in [2.05, 4.69) is 10.1 Å². The Bertz CT molecular complexity index is 489. The lowest BCUT2D eigenvalue weighted by Gasteiger charge is -2.08. The van der Waals surface area contributed by atoms with Crippen LogP contribution in [0.25, 0.3) is 0 Å². The Balaban J connectivity index is 3.62. The lowest BCUT2D eigenvalue weighted by Crippen LogP contribution is -2.18. The minimum Gasteiger partial charge on any atom is -0.398 e. The van der Waals surface area contributed by atoms with Gasteiger partial charge in [0.05, 0.1) is 5.56 Å². The van der Waals surface area contributed by atoms with Gasteiger partial charge < -0.3 is 5.73 Å². The molecule has 0 bridgehead atoms. The number of rotatable bonds is 2. The maximum atomic E-state index is 12.6. The molecule has 5 nitrogen and oxygen atoms in total. The predicted molar refractivity (Wildman–Crippen MR) is 44.9 cm³/mol. The van der Waals surface area contributed by atoms with Gasteiger partial charge in [0.25, 0.3) is 16.4 Å². The van der Waals surface area contributed by atoms with E-state index >= 15 is 0 Å². The number of nitrogen functional groups attached to an aromatic ring is 1. The zero-order chi connectivity index (χ0) is 11.8. The van der Waals surface area contributed by atoms with Crippen molar-refractivity contribution in [2.75, 3.05) is 5.73 Å². The molecule has 0 atom stereocenters. The molecule has 0 radical (unpaired) electrons. The van der Waals surface area contributed by atoms with E-state index in [1.54, 1.807) is 0 Å². The number of primary sulfonamides is 1. The van der Waals surface area contributed by atoms with Crippen molar-refractivity contribution in [1.82, 2.24) is 4.98 Å². The summed E-state index contributed by atoms with van der Waals surface area (Å²) in [5, 5.41) is 3.35. The fraction of sp³-hybridized carbons (Fsp3) is 0.167. The van der Waals surface area contributed by atoms with Crippen molar-refractivity contribution in [3.63, 3.8) is 0 Å². The van der Waals surface area contributed by atoms with Gasteiger partial charge in [-0.25, -0.2) is 27.3 Å². The highest BCUT2D eigenvalue weighted by Gasteiger charge is 2.26. The number of aromatic nitrogens is 1. The summed E-state index contributed by atoms with van der Waals surface area (Å²) in [7, 11) is -4.53. The van der Waals surface area contributed by atoms with Crippen LogP contribution in [0.1, 0.15) is 12.0 Å². The zero-order valence-electron chi connectivity index (χ0n) is 7.12. The van der Waals surface area contributed by atoms with Crippen LogP contribution in [-0.4, -0.2) is 13.4 Å². The van der Waals surface area contributed by atoms with Crippen LogP contribution in [0.3, 0.4) is 0 Å². The van der Waals surface area contributed by atoms with Crippen molar-refractivity contribution >= 4 is 15.7 Å². The van der Waals surface area contributed by atoms with Gasteiger partial charge in [0.1, 0.15) is 0 Å². The number of anilines is 1. The van der Waals surface area contributed by atoms with E-state index in [0.29, 0.717) is 6.07 Å². The molecule has 1 heterocycles. The highest BCUT2D eigenvalue weighted by molar-refractivity contribution is 7.89. The minimum atomic E-state index is -4.53. The van der Waals surface area contributed by atoms with Crippen LogP contribution in [0, 0.1) is 5.95 Å². The number of halogens is 3. The minimum absolute atomic E-state index is 0.496. The van der Waals surface area contributed by atoms with Crippen molar-refractivity contribution in [3.05, 3.63) is 17.6 Å². The molecule has 0 aromatic carbocycles. The highest BCUT2D eigenvalue weighted by Crippen LogP contribution is 2.29. The highest BCUT2D eigenvalue weighted by atomic mass is 32.2. The number of hydrogen-bond acceptors (Lipinski definition) is 4. The van der Waals surface area contributed by atoms with E-state index in [9.17, 15) is 21.6 Å². The molecular formula is C6H6F3N3O2S. The van der Waals surface area contributed by atoms with Gasteiger partial charge in [0.2, 0.25) is 5.95 Å². The zero-order valence-corrected chi connectivity index (χ0v) is 7.93. The van der Waals surface area contributed by atoms with Crippen molar-refractivity contribution in [2.24, 2.45) is 5.14 Å². The molecule has 0 saturated carbocycles. The van der Waals surface area contributed by atoms with Crippen LogP contribution in [-0.2, 0) is 10.0 Å². The maximum absolute atomic E-state index is 12.6. The van der Waals surface area contributed by atoms with Crippen molar-refractivity contribution in [2.45, 2.75) is 11.5 Å². The van der Waals surface area contributed by atoms with E-state index in [4.69, 9.17) is 5.73 Å². The predicted octanol–water partition coefficient (Wildman–Crippen LogP) is 0.388. The number of nitrogens with two attached hydrogens (primary N) is 2. The monoisotopic (exact) mass is 241 g/mol. The first-order chi connectivity index (χ1) is 6.73. The van der Waals surface area contributed by atoms with Crippen molar-refractivity contribution in [1.29, 1.82) is 0 Å². The summed E-state index contributed by atoms with van der Waals surface area (Å²) >= 11 is 0. The number of alkyl halides is 2. The Morgan fingerprint density at radius 2 is 1.93 bits per heavy atom. The van der Waals surface area contributed by atoms with Crippen molar-refractivity contribution in [3.8, 4) is 0 Å². The first-order valence-electron chi connectivity index (χ1n) is 3.50. The maximum Gasteiger partial charge on any atom is 0.268 e. The topological polar surface area (TPSA) is 99.1 Å². The van der Waals surface area contributed by atoms with Gasteiger partial charge in [-0.05, 0) is 0 Å². The second-order valence-corrected chi connectivity index (χ2v) is 4.08. The number of nitrogens with zero attached hydrogens (tertiary/aromatic N) is 1. The van der Waals surface area contributed by atoms with Crippen LogP contribution in [0.5, 0.6) is 0 Å². The summed E-state index contributed by atoms with van der Waals surface area (Å²) in [4.78, 5) is 2.79. The molecule has 1 aromatic rings. The van der Waals surface area contributed by atoms with Gasteiger partial charge in [0, 0.05) is 11.8 Å². The van der Waals surface area contributed by atoms with E-state index in [-0.39, 0.29) is 0 Å². The number of sulfonamides is 1.